The van der Waals surface area contributed by atoms with Crippen molar-refractivity contribution in [3.8, 4) is 11.8 Å². The molecule has 0 aromatic heterocycles. The Balaban J connectivity index is 3.67. The van der Waals surface area contributed by atoms with Gasteiger partial charge in [0.25, 0.3) is 0 Å². The van der Waals surface area contributed by atoms with Crippen molar-refractivity contribution in [1.29, 1.82) is 0 Å². The highest BCUT2D eigenvalue weighted by Gasteiger charge is 2.13. The molecule has 0 amide bonds. The van der Waals surface area contributed by atoms with Gasteiger partial charge in [-0.05, 0) is 13.3 Å². The van der Waals surface area contributed by atoms with E-state index in [0.717, 1.165) is 0 Å². The van der Waals surface area contributed by atoms with E-state index in [1.807, 2.05) is 6.92 Å². The number of hydrogen-bond donors (Lipinski definition) is 1. The Morgan fingerprint density at radius 3 is 2.73 bits per heavy atom. The zero-order valence-electron chi connectivity index (χ0n) is 6.76. The Labute approximate surface area is 71.4 Å². The van der Waals surface area contributed by atoms with Gasteiger partial charge in [0.15, 0.2) is 0 Å². The molecule has 11 heavy (non-hydrogen) atoms. The number of aliphatic carboxylic acids is 1. The summed E-state index contributed by atoms with van der Waals surface area (Å²) in [4.78, 5) is 10.5. The number of thioether (sulfide) groups is 1. The molecule has 0 heterocycles. The van der Waals surface area contributed by atoms with Crippen LogP contribution in [0.5, 0.6) is 0 Å². The van der Waals surface area contributed by atoms with Gasteiger partial charge in [0, 0.05) is 0 Å². The van der Waals surface area contributed by atoms with E-state index in [1.54, 1.807) is 6.92 Å². The summed E-state index contributed by atoms with van der Waals surface area (Å²) in [6.45, 7) is 3.62. The van der Waals surface area contributed by atoms with Gasteiger partial charge in [0.05, 0.1) is 5.75 Å². The molecular weight excluding hydrogens is 160 g/mol. The van der Waals surface area contributed by atoms with Gasteiger partial charge >= 0.3 is 5.97 Å². The van der Waals surface area contributed by atoms with E-state index in [9.17, 15) is 4.79 Å². The lowest BCUT2D eigenvalue weighted by molar-refractivity contribution is -0.136. The molecule has 0 saturated carbocycles. The van der Waals surface area contributed by atoms with Gasteiger partial charge in [-0.1, -0.05) is 12.8 Å². The smallest absolute Gasteiger partial charge is 0.316 e. The minimum absolute atomic E-state index is 0.296. The molecule has 2 nitrogen and oxygen atoms in total. The van der Waals surface area contributed by atoms with Gasteiger partial charge in [-0.25, -0.2) is 0 Å². The summed E-state index contributed by atoms with van der Waals surface area (Å²) in [6, 6.07) is 0. The predicted octanol–water partition coefficient (Wildman–Crippen LogP) is 1.61. The third-order valence-electron chi connectivity index (χ3n) is 1.18. The van der Waals surface area contributed by atoms with Gasteiger partial charge in [-0.3, -0.25) is 4.79 Å². The van der Waals surface area contributed by atoms with Crippen LogP contribution in [-0.2, 0) is 4.79 Å². The van der Waals surface area contributed by atoms with Crippen molar-refractivity contribution in [3.63, 3.8) is 0 Å². The van der Waals surface area contributed by atoms with Crippen molar-refractivity contribution in [1.82, 2.24) is 0 Å². The van der Waals surface area contributed by atoms with Gasteiger partial charge in [-0.15, -0.1) is 17.7 Å². The molecule has 0 radical (unpaired) electrons. The SMILES string of the molecule is CC#CCSC(CC)C(=O)O. The maximum absolute atomic E-state index is 10.5. The lowest BCUT2D eigenvalue weighted by Crippen LogP contribution is -2.15. The first-order valence-electron chi connectivity index (χ1n) is 3.46. The lowest BCUT2D eigenvalue weighted by atomic mass is 10.3. The second-order valence-corrected chi connectivity index (χ2v) is 3.16. The van der Waals surface area contributed by atoms with Crippen LogP contribution >= 0.6 is 11.8 Å². The minimum atomic E-state index is -0.740. The molecule has 3 heteroatoms. The number of carboxylic acids is 1. The second-order valence-electron chi connectivity index (χ2n) is 1.97. The summed E-state index contributed by atoms with van der Waals surface area (Å²) in [5, 5.41) is 8.31. The fourth-order valence-electron chi connectivity index (χ4n) is 0.578. The Morgan fingerprint density at radius 1 is 1.73 bits per heavy atom. The molecule has 1 unspecified atom stereocenters. The van der Waals surface area contributed by atoms with Crippen molar-refractivity contribution in [2.24, 2.45) is 0 Å². The molecule has 0 aliphatic rings. The minimum Gasteiger partial charge on any atom is -0.480 e. The molecule has 62 valence electrons. The highest BCUT2D eigenvalue weighted by atomic mass is 32.2. The highest BCUT2D eigenvalue weighted by molar-refractivity contribution is 8.00. The zero-order valence-corrected chi connectivity index (χ0v) is 7.57. The number of carboxylic acid groups (broad SMARTS) is 1. The van der Waals surface area contributed by atoms with E-state index in [0.29, 0.717) is 12.2 Å². The molecule has 0 aliphatic carbocycles. The molecule has 0 aromatic rings. The fraction of sp³-hybridized carbons (Fsp3) is 0.625. The van der Waals surface area contributed by atoms with Crippen molar-refractivity contribution < 1.29 is 9.90 Å². The summed E-state index contributed by atoms with van der Waals surface area (Å²) >= 11 is 1.38. The number of carbonyl (C=O) groups is 1. The molecule has 1 N–H and O–H groups in total. The zero-order chi connectivity index (χ0) is 8.69. The summed E-state index contributed by atoms with van der Waals surface area (Å²) in [5.74, 6) is 5.41. The van der Waals surface area contributed by atoms with Crippen LogP contribution in [0.3, 0.4) is 0 Å². The summed E-state index contributed by atoms with van der Waals surface area (Å²) in [7, 11) is 0. The first-order chi connectivity index (χ1) is 5.22. The molecule has 0 saturated heterocycles. The maximum atomic E-state index is 10.5. The van der Waals surface area contributed by atoms with Crippen LogP contribution in [0, 0.1) is 11.8 Å². The van der Waals surface area contributed by atoms with Crippen LogP contribution in [0.25, 0.3) is 0 Å². The summed E-state index contributed by atoms with van der Waals surface area (Å²) in [5.41, 5.74) is 0. The Hall–Kier alpha value is -0.620. The molecule has 0 spiro atoms. The van der Waals surface area contributed by atoms with Crippen LogP contribution in [-0.4, -0.2) is 22.1 Å². The van der Waals surface area contributed by atoms with Gasteiger partial charge in [0.2, 0.25) is 0 Å². The van der Waals surface area contributed by atoms with Crippen LogP contribution in [0.4, 0.5) is 0 Å². The van der Waals surface area contributed by atoms with Crippen LogP contribution in [0.15, 0.2) is 0 Å². The Bertz CT molecular complexity index is 178. The monoisotopic (exact) mass is 172 g/mol. The highest BCUT2D eigenvalue weighted by Crippen LogP contribution is 2.13. The van der Waals surface area contributed by atoms with Gasteiger partial charge in [0.1, 0.15) is 5.25 Å². The van der Waals surface area contributed by atoms with Crippen LogP contribution < -0.4 is 0 Å². The third kappa shape index (κ3) is 4.74. The Morgan fingerprint density at radius 2 is 2.36 bits per heavy atom. The number of hydrogen-bond acceptors (Lipinski definition) is 2. The van der Waals surface area contributed by atoms with E-state index in [4.69, 9.17) is 5.11 Å². The molecule has 0 fully saturated rings. The van der Waals surface area contributed by atoms with E-state index in [-0.39, 0.29) is 5.25 Å². The van der Waals surface area contributed by atoms with E-state index in [2.05, 4.69) is 11.8 Å². The standard InChI is InChI=1S/C8H12O2S/c1-3-5-6-11-7(4-2)8(9)10/h7H,4,6H2,1-2H3,(H,9,10). The predicted molar refractivity (Wildman–Crippen MR) is 47.6 cm³/mol. The molecule has 0 bridgehead atoms. The van der Waals surface area contributed by atoms with Crippen LogP contribution in [0.1, 0.15) is 20.3 Å². The lowest BCUT2D eigenvalue weighted by Gasteiger charge is -2.05. The van der Waals surface area contributed by atoms with Crippen LogP contribution in [0.2, 0.25) is 0 Å². The topological polar surface area (TPSA) is 37.3 Å². The molecule has 0 rings (SSSR count). The molecule has 0 aliphatic heterocycles. The van der Waals surface area contributed by atoms with Crippen molar-refractivity contribution in [3.05, 3.63) is 0 Å². The summed E-state index contributed by atoms with van der Waals surface area (Å²) in [6.07, 6.45) is 0.658. The third-order valence-corrected chi connectivity index (χ3v) is 2.43. The normalized spacial score (nSPS) is 11.5. The summed E-state index contributed by atoms with van der Waals surface area (Å²) < 4.78 is 0. The van der Waals surface area contributed by atoms with Gasteiger partial charge < -0.3 is 5.11 Å². The van der Waals surface area contributed by atoms with Gasteiger partial charge in [-0.2, -0.15) is 0 Å². The van der Waals surface area contributed by atoms with Crippen molar-refractivity contribution in [2.75, 3.05) is 5.75 Å². The van der Waals surface area contributed by atoms with Crippen molar-refractivity contribution >= 4 is 17.7 Å². The molecule has 1 atom stereocenters. The number of rotatable bonds is 4. The van der Waals surface area contributed by atoms with E-state index >= 15 is 0 Å². The molecular formula is C8H12O2S. The first-order valence-corrected chi connectivity index (χ1v) is 4.51. The van der Waals surface area contributed by atoms with E-state index in [1.165, 1.54) is 11.8 Å². The molecule has 0 aromatic carbocycles. The quantitative estimate of drug-likeness (QED) is 0.654. The van der Waals surface area contributed by atoms with E-state index < -0.39 is 5.97 Å². The largest absolute Gasteiger partial charge is 0.480 e. The van der Waals surface area contributed by atoms with Crippen molar-refractivity contribution in [2.45, 2.75) is 25.5 Å². The average molecular weight is 172 g/mol. The maximum Gasteiger partial charge on any atom is 0.316 e. The second kappa shape index (κ2) is 6.11. The average Bonchev–Trinajstić information content (AvgIpc) is 1.97. The Kier molecular flexibility index (Phi) is 5.77. The fourth-order valence-corrected chi connectivity index (χ4v) is 1.39. The first kappa shape index (κ1) is 10.4.